The number of ether oxygens (including phenoxy) is 1. The summed E-state index contributed by atoms with van der Waals surface area (Å²) in [7, 11) is 0. The SMILES string of the molecule is CCCN1CC(CCl)OCC1C. The predicted molar refractivity (Wildman–Crippen MR) is 51.8 cm³/mol. The lowest BCUT2D eigenvalue weighted by Gasteiger charge is -2.37. The van der Waals surface area contributed by atoms with Crippen molar-refractivity contribution in [2.45, 2.75) is 32.4 Å². The fourth-order valence-corrected chi connectivity index (χ4v) is 1.75. The van der Waals surface area contributed by atoms with Gasteiger partial charge in [0.2, 0.25) is 0 Å². The molecule has 0 spiro atoms. The van der Waals surface area contributed by atoms with Crippen LogP contribution < -0.4 is 0 Å². The molecule has 1 aliphatic rings. The number of alkyl halides is 1. The Morgan fingerprint density at radius 3 is 2.92 bits per heavy atom. The Morgan fingerprint density at radius 1 is 1.58 bits per heavy atom. The monoisotopic (exact) mass is 191 g/mol. The van der Waals surface area contributed by atoms with Crippen molar-refractivity contribution in [1.82, 2.24) is 4.90 Å². The Morgan fingerprint density at radius 2 is 2.33 bits per heavy atom. The Bertz CT molecular complexity index is 132. The molecule has 12 heavy (non-hydrogen) atoms. The highest BCUT2D eigenvalue weighted by Gasteiger charge is 2.24. The molecule has 0 radical (unpaired) electrons. The van der Waals surface area contributed by atoms with E-state index < -0.39 is 0 Å². The molecule has 1 fully saturated rings. The van der Waals surface area contributed by atoms with Crippen LogP contribution in [0.1, 0.15) is 20.3 Å². The topological polar surface area (TPSA) is 12.5 Å². The highest BCUT2D eigenvalue weighted by atomic mass is 35.5. The summed E-state index contributed by atoms with van der Waals surface area (Å²) < 4.78 is 5.54. The van der Waals surface area contributed by atoms with Gasteiger partial charge in [-0.3, -0.25) is 4.90 Å². The van der Waals surface area contributed by atoms with E-state index in [1.165, 1.54) is 6.42 Å². The summed E-state index contributed by atoms with van der Waals surface area (Å²) in [6.45, 7) is 7.41. The molecule has 3 heteroatoms. The van der Waals surface area contributed by atoms with Crippen molar-refractivity contribution in [3.05, 3.63) is 0 Å². The van der Waals surface area contributed by atoms with Crippen LogP contribution in [0.4, 0.5) is 0 Å². The van der Waals surface area contributed by atoms with Crippen LogP contribution in [0.15, 0.2) is 0 Å². The zero-order valence-electron chi connectivity index (χ0n) is 7.92. The minimum absolute atomic E-state index is 0.245. The maximum Gasteiger partial charge on any atom is 0.0837 e. The van der Waals surface area contributed by atoms with Gasteiger partial charge in [0.25, 0.3) is 0 Å². The third-order valence-electron chi connectivity index (χ3n) is 2.32. The van der Waals surface area contributed by atoms with Gasteiger partial charge in [0.1, 0.15) is 0 Å². The van der Waals surface area contributed by atoms with E-state index in [0.717, 1.165) is 19.7 Å². The van der Waals surface area contributed by atoms with Gasteiger partial charge in [0.15, 0.2) is 0 Å². The van der Waals surface area contributed by atoms with E-state index in [2.05, 4.69) is 18.7 Å². The molecule has 0 aliphatic carbocycles. The molecule has 2 nitrogen and oxygen atoms in total. The van der Waals surface area contributed by atoms with Gasteiger partial charge < -0.3 is 4.74 Å². The molecule has 0 amide bonds. The normalized spacial score (nSPS) is 32.2. The van der Waals surface area contributed by atoms with Gasteiger partial charge >= 0.3 is 0 Å². The molecule has 1 rings (SSSR count). The fourth-order valence-electron chi connectivity index (χ4n) is 1.57. The van der Waals surface area contributed by atoms with Crippen LogP contribution in [0.3, 0.4) is 0 Å². The average Bonchev–Trinajstić information content (AvgIpc) is 2.09. The van der Waals surface area contributed by atoms with Crippen molar-refractivity contribution in [3.8, 4) is 0 Å². The zero-order valence-corrected chi connectivity index (χ0v) is 8.68. The second-order valence-electron chi connectivity index (χ2n) is 3.45. The number of hydrogen-bond donors (Lipinski definition) is 0. The Balaban J connectivity index is 2.36. The van der Waals surface area contributed by atoms with Crippen molar-refractivity contribution in [2.24, 2.45) is 0 Å². The smallest absolute Gasteiger partial charge is 0.0837 e. The van der Waals surface area contributed by atoms with E-state index in [4.69, 9.17) is 16.3 Å². The minimum Gasteiger partial charge on any atom is -0.374 e. The average molecular weight is 192 g/mol. The van der Waals surface area contributed by atoms with Crippen molar-refractivity contribution in [3.63, 3.8) is 0 Å². The lowest BCUT2D eigenvalue weighted by Crippen LogP contribution is -2.48. The molecule has 1 aliphatic heterocycles. The van der Waals surface area contributed by atoms with Gasteiger partial charge in [-0.1, -0.05) is 6.92 Å². The predicted octanol–water partition coefficient (Wildman–Crippen LogP) is 1.72. The van der Waals surface area contributed by atoms with Gasteiger partial charge in [-0.25, -0.2) is 0 Å². The quantitative estimate of drug-likeness (QED) is 0.630. The molecule has 0 bridgehead atoms. The van der Waals surface area contributed by atoms with Crippen molar-refractivity contribution in [2.75, 3.05) is 25.6 Å². The van der Waals surface area contributed by atoms with E-state index in [1.807, 2.05) is 0 Å². The van der Waals surface area contributed by atoms with Crippen LogP contribution in [0.25, 0.3) is 0 Å². The van der Waals surface area contributed by atoms with Crippen molar-refractivity contribution < 1.29 is 4.74 Å². The molecule has 2 atom stereocenters. The number of halogens is 1. The summed E-state index contributed by atoms with van der Waals surface area (Å²) in [5.74, 6) is 0.618. The molecular weight excluding hydrogens is 174 g/mol. The van der Waals surface area contributed by atoms with Crippen LogP contribution in [0.5, 0.6) is 0 Å². The summed E-state index contributed by atoms with van der Waals surface area (Å²) in [5, 5.41) is 0. The Hall–Kier alpha value is 0.210. The minimum atomic E-state index is 0.245. The standard InChI is InChI=1S/C9H18ClNO/c1-3-4-11-6-9(5-10)12-7-8(11)2/h8-9H,3-7H2,1-2H3. The molecule has 0 aromatic carbocycles. The van der Waals surface area contributed by atoms with E-state index in [9.17, 15) is 0 Å². The van der Waals surface area contributed by atoms with E-state index in [-0.39, 0.29) is 6.10 Å². The first kappa shape index (κ1) is 10.3. The number of rotatable bonds is 3. The second kappa shape index (κ2) is 5.05. The molecule has 1 saturated heterocycles. The molecule has 0 aromatic heterocycles. The first-order chi connectivity index (χ1) is 5.77. The van der Waals surface area contributed by atoms with Crippen molar-refractivity contribution in [1.29, 1.82) is 0 Å². The number of hydrogen-bond acceptors (Lipinski definition) is 2. The van der Waals surface area contributed by atoms with Gasteiger partial charge in [0, 0.05) is 18.5 Å². The van der Waals surface area contributed by atoms with Crippen LogP contribution >= 0.6 is 11.6 Å². The van der Waals surface area contributed by atoms with E-state index >= 15 is 0 Å². The molecular formula is C9H18ClNO. The van der Waals surface area contributed by atoms with Crippen LogP contribution in [0, 0.1) is 0 Å². The third kappa shape index (κ3) is 2.61. The fraction of sp³-hybridized carbons (Fsp3) is 1.00. The van der Waals surface area contributed by atoms with Crippen LogP contribution in [-0.4, -0.2) is 42.6 Å². The molecule has 0 N–H and O–H groups in total. The summed E-state index contributed by atoms with van der Waals surface area (Å²) in [4.78, 5) is 2.45. The summed E-state index contributed by atoms with van der Waals surface area (Å²) in [6.07, 6.45) is 1.45. The van der Waals surface area contributed by atoms with E-state index in [0.29, 0.717) is 11.9 Å². The van der Waals surface area contributed by atoms with E-state index in [1.54, 1.807) is 0 Å². The highest BCUT2D eigenvalue weighted by molar-refractivity contribution is 6.18. The third-order valence-corrected chi connectivity index (χ3v) is 2.66. The number of nitrogens with zero attached hydrogens (tertiary/aromatic N) is 1. The molecule has 1 heterocycles. The lowest BCUT2D eigenvalue weighted by molar-refractivity contribution is -0.0474. The largest absolute Gasteiger partial charge is 0.374 e. The summed E-state index contributed by atoms with van der Waals surface area (Å²) in [6, 6.07) is 0.560. The van der Waals surface area contributed by atoms with Gasteiger partial charge in [-0.2, -0.15) is 0 Å². The lowest BCUT2D eigenvalue weighted by atomic mass is 10.2. The van der Waals surface area contributed by atoms with Crippen LogP contribution in [0.2, 0.25) is 0 Å². The zero-order chi connectivity index (χ0) is 8.97. The Labute approximate surface area is 79.8 Å². The number of morpholine rings is 1. The van der Waals surface area contributed by atoms with Gasteiger partial charge in [-0.05, 0) is 19.9 Å². The second-order valence-corrected chi connectivity index (χ2v) is 3.76. The van der Waals surface area contributed by atoms with Gasteiger partial charge in [-0.15, -0.1) is 11.6 Å². The summed E-state index contributed by atoms with van der Waals surface area (Å²) >= 11 is 5.74. The van der Waals surface area contributed by atoms with Crippen LogP contribution in [-0.2, 0) is 4.74 Å². The highest BCUT2D eigenvalue weighted by Crippen LogP contribution is 2.12. The molecule has 2 unspecified atom stereocenters. The summed E-state index contributed by atoms with van der Waals surface area (Å²) in [5.41, 5.74) is 0. The molecule has 0 saturated carbocycles. The Kier molecular flexibility index (Phi) is 4.33. The molecule has 0 aromatic rings. The molecule has 72 valence electrons. The first-order valence-corrected chi connectivity index (χ1v) is 5.23. The van der Waals surface area contributed by atoms with Gasteiger partial charge in [0.05, 0.1) is 12.7 Å². The maximum absolute atomic E-state index is 5.74. The first-order valence-electron chi connectivity index (χ1n) is 4.69. The maximum atomic E-state index is 5.74. The van der Waals surface area contributed by atoms with Crippen molar-refractivity contribution >= 4 is 11.6 Å².